The largest absolute Gasteiger partial charge is 0.352 e. The summed E-state index contributed by atoms with van der Waals surface area (Å²) >= 11 is 12.6. The van der Waals surface area contributed by atoms with E-state index in [0.717, 1.165) is 57.7 Å². The molecule has 5 nitrogen and oxygen atoms in total. The third-order valence-electron chi connectivity index (χ3n) is 5.67. The fraction of sp³-hybridized carbons (Fsp3) is 0.115. The van der Waals surface area contributed by atoms with Crippen molar-refractivity contribution in [2.45, 2.75) is 18.9 Å². The molecule has 1 saturated carbocycles. The lowest BCUT2D eigenvalue weighted by Gasteiger charge is -2.20. The SMILES string of the molecule is Clc1ccc(-n2c3cc(=NC4CC4)c(Nc4cccnc4)cc-3nc3ccccc32)cc1Cl. The number of benzene rings is 3. The molecule has 0 spiro atoms. The quantitative estimate of drug-likeness (QED) is 0.299. The van der Waals surface area contributed by atoms with Gasteiger partial charge in [0.05, 0.1) is 61.4 Å². The van der Waals surface area contributed by atoms with E-state index in [1.54, 1.807) is 12.4 Å². The summed E-state index contributed by atoms with van der Waals surface area (Å²) < 4.78 is 2.17. The van der Waals surface area contributed by atoms with Crippen LogP contribution in [0, 0.1) is 0 Å². The summed E-state index contributed by atoms with van der Waals surface area (Å²) in [6.45, 7) is 0. The van der Waals surface area contributed by atoms with E-state index in [1.165, 1.54) is 0 Å². The smallest absolute Gasteiger partial charge is 0.0900 e. The molecule has 1 fully saturated rings. The van der Waals surface area contributed by atoms with E-state index in [1.807, 2.05) is 48.5 Å². The molecule has 0 amide bonds. The van der Waals surface area contributed by atoms with Gasteiger partial charge in [-0.3, -0.25) is 9.98 Å². The van der Waals surface area contributed by atoms with Gasteiger partial charge in [0, 0.05) is 11.9 Å². The second-order valence-electron chi connectivity index (χ2n) is 8.12. The van der Waals surface area contributed by atoms with Gasteiger partial charge in [0.2, 0.25) is 0 Å². The Morgan fingerprint density at radius 1 is 0.939 bits per heavy atom. The Morgan fingerprint density at radius 3 is 2.61 bits per heavy atom. The number of hydrogen-bond donors (Lipinski definition) is 1. The van der Waals surface area contributed by atoms with Crippen LogP contribution in [0.2, 0.25) is 10.0 Å². The molecule has 0 unspecified atom stereocenters. The Bertz CT molecular complexity index is 1520. The van der Waals surface area contributed by atoms with Gasteiger partial charge in [0.1, 0.15) is 0 Å². The number of halogens is 2. The zero-order valence-corrected chi connectivity index (χ0v) is 19.1. The van der Waals surface area contributed by atoms with Crippen LogP contribution in [0.5, 0.6) is 0 Å². The Hall–Kier alpha value is -3.41. The lowest BCUT2D eigenvalue weighted by atomic mass is 10.1. The first-order chi connectivity index (χ1) is 16.2. The van der Waals surface area contributed by atoms with Crippen molar-refractivity contribution in [3.63, 3.8) is 0 Å². The molecule has 0 saturated heterocycles. The molecular weight excluding hydrogens is 453 g/mol. The number of rotatable bonds is 4. The number of nitrogens with one attached hydrogen (secondary N) is 1. The molecule has 2 heterocycles. The van der Waals surface area contributed by atoms with Crippen molar-refractivity contribution >= 4 is 45.6 Å². The van der Waals surface area contributed by atoms with Gasteiger partial charge in [-0.05, 0) is 67.4 Å². The summed E-state index contributed by atoms with van der Waals surface area (Å²) in [6.07, 6.45) is 5.80. The number of hydrogen-bond acceptors (Lipinski definition) is 4. The topological polar surface area (TPSA) is 55.1 Å². The number of nitrogens with zero attached hydrogens (tertiary/aromatic N) is 4. The summed E-state index contributed by atoms with van der Waals surface area (Å²) in [7, 11) is 0. The van der Waals surface area contributed by atoms with Crippen LogP contribution in [-0.2, 0) is 0 Å². The minimum absolute atomic E-state index is 0.365. The van der Waals surface area contributed by atoms with Gasteiger partial charge in [0.25, 0.3) is 0 Å². The molecule has 0 bridgehead atoms. The summed E-state index contributed by atoms with van der Waals surface area (Å²) in [5.41, 5.74) is 6.39. The van der Waals surface area contributed by atoms with Gasteiger partial charge in [-0.15, -0.1) is 0 Å². The van der Waals surface area contributed by atoms with E-state index in [0.29, 0.717) is 16.1 Å². The van der Waals surface area contributed by atoms with Crippen molar-refractivity contribution in [2.24, 2.45) is 4.99 Å². The standard InChI is InChI=1S/C26H19Cl2N5/c27-19-10-9-18(12-20(19)28)33-25-6-2-1-5-21(25)32-24-13-22(31-17-4-3-11-29-15-17)23(14-26(24)33)30-16-7-8-16/h1-6,9-16,31H,7-8H2. The summed E-state index contributed by atoms with van der Waals surface area (Å²) in [5.74, 6) is 0. The maximum Gasteiger partial charge on any atom is 0.0900 e. The predicted molar refractivity (Wildman–Crippen MR) is 134 cm³/mol. The highest BCUT2D eigenvalue weighted by molar-refractivity contribution is 6.42. The molecule has 2 aromatic carbocycles. The highest BCUT2D eigenvalue weighted by Crippen LogP contribution is 2.33. The Morgan fingerprint density at radius 2 is 1.82 bits per heavy atom. The highest BCUT2D eigenvalue weighted by Gasteiger charge is 2.22. The highest BCUT2D eigenvalue weighted by atomic mass is 35.5. The zero-order chi connectivity index (χ0) is 22.4. The summed E-state index contributed by atoms with van der Waals surface area (Å²) in [6, 6.07) is 22.2. The fourth-order valence-corrected chi connectivity index (χ4v) is 4.24. The molecule has 3 aliphatic rings. The molecule has 162 valence electrons. The molecule has 1 N–H and O–H groups in total. The lowest BCUT2D eigenvalue weighted by Crippen LogP contribution is -2.15. The lowest BCUT2D eigenvalue weighted by molar-refractivity contribution is 0.997. The van der Waals surface area contributed by atoms with Gasteiger partial charge in [-0.1, -0.05) is 35.3 Å². The first-order valence-corrected chi connectivity index (χ1v) is 11.5. The third-order valence-corrected chi connectivity index (χ3v) is 6.41. The number of fused-ring (bicyclic) bond motifs is 2. The molecule has 1 aromatic heterocycles. The van der Waals surface area contributed by atoms with E-state index in [2.05, 4.69) is 33.1 Å². The molecule has 6 rings (SSSR count). The van der Waals surface area contributed by atoms with Gasteiger partial charge in [0.15, 0.2) is 0 Å². The molecule has 0 radical (unpaired) electrons. The summed E-state index contributed by atoms with van der Waals surface area (Å²) in [4.78, 5) is 14.2. The first-order valence-electron chi connectivity index (χ1n) is 10.8. The summed E-state index contributed by atoms with van der Waals surface area (Å²) in [5, 5.41) is 5.41. The molecule has 3 aromatic rings. The van der Waals surface area contributed by atoms with Crippen molar-refractivity contribution in [1.82, 2.24) is 14.5 Å². The van der Waals surface area contributed by atoms with Crippen LogP contribution in [-0.4, -0.2) is 20.6 Å². The van der Waals surface area contributed by atoms with Crippen LogP contribution in [0.25, 0.3) is 28.1 Å². The first kappa shape index (κ1) is 20.2. The van der Waals surface area contributed by atoms with Gasteiger partial charge in [-0.25, -0.2) is 4.98 Å². The molecular formula is C26H19Cl2N5. The Balaban J connectivity index is 1.65. The molecule has 33 heavy (non-hydrogen) atoms. The van der Waals surface area contributed by atoms with Crippen molar-refractivity contribution in [2.75, 3.05) is 5.32 Å². The minimum Gasteiger partial charge on any atom is -0.352 e. The van der Waals surface area contributed by atoms with E-state index in [-0.39, 0.29) is 0 Å². The zero-order valence-electron chi connectivity index (χ0n) is 17.5. The molecule has 2 aliphatic carbocycles. The van der Waals surface area contributed by atoms with Crippen LogP contribution in [0.1, 0.15) is 12.8 Å². The number of para-hydroxylation sites is 2. The second kappa shape index (κ2) is 8.18. The number of aromatic nitrogens is 3. The van der Waals surface area contributed by atoms with Gasteiger partial charge >= 0.3 is 0 Å². The number of pyridine rings is 1. The van der Waals surface area contributed by atoms with Crippen molar-refractivity contribution in [1.29, 1.82) is 0 Å². The van der Waals surface area contributed by atoms with E-state index >= 15 is 0 Å². The van der Waals surface area contributed by atoms with Crippen LogP contribution in [0.3, 0.4) is 0 Å². The molecule has 1 aliphatic heterocycles. The predicted octanol–water partition coefficient (Wildman–Crippen LogP) is 6.64. The third kappa shape index (κ3) is 3.94. The maximum absolute atomic E-state index is 6.39. The van der Waals surface area contributed by atoms with Crippen molar-refractivity contribution < 1.29 is 0 Å². The average Bonchev–Trinajstić information content (AvgIpc) is 3.65. The monoisotopic (exact) mass is 471 g/mol. The molecule has 7 heteroatoms. The fourth-order valence-electron chi connectivity index (χ4n) is 3.94. The van der Waals surface area contributed by atoms with Gasteiger partial charge < -0.3 is 9.88 Å². The van der Waals surface area contributed by atoms with E-state index < -0.39 is 0 Å². The van der Waals surface area contributed by atoms with Crippen LogP contribution < -0.4 is 10.7 Å². The minimum atomic E-state index is 0.365. The average molecular weight is 472 g/mol. The van der Waals surface area contributed by atoms with Crippen LogP contribution >= 0.6 is 23.2 Å². The van der Waals surface area contributed by atoms with Crippen molar-refractivity contribution in [3.05, 3.63) is 94.5 Å². The van der Waals surface area contributed by atoms with E-state index in [9.17, 15) is 0 Å². The molecule has 0 atom stereocenters. The van der Waals surface area contributed by atoms with Crippen LogP contribution in [0.4, 0.5) is 11.4 Å². The Labute approximate surface area is 200 Å². The number of anilines is 2. The second-order valence-corrected chi connectivity index (χ2v) is 8.93. The normalized spacial score (nSPS) is 14.2. The maximum atomic E-state index is 6.39. The Kier molecular flexibility index (Phi) is 5.01. The van der Waals surface area contributed by atoms with Crippen molar-refractivity contribution in [3.8, 4) is 17.1 Å². The van der Waals surface area contributed by atoms with Crippen LogP contribution in [0.15, 0.2) is 84.1 Å². The van der Waals surface area contributed by atoms with E-state index in [4.69, 9.17) is 33.2 Å². The van der Waals surface area contributed by atoms with Gasteiger partial charge in [-0.2, -0.15) is 0 Å².